The number of nitrogen functional groups attached to an aromatic ring is 1. The number of benzene rings is 1. The van der Waals surface area contributed by atoms with Crippen LogP contribution in [0, 0.1) is 28.6 Å². The summed E-state index contributed by atoms with van der Waals surface area (Å²) < 4.78 is 5.30. The van der Waals surface area contributed by atoms with Crippen LogP contribution in [0.15, 0.2) is 29.3 Å². The number of nitriles is 2. The molecule has 3 N–H and O–H groups in total. The van der Waals surface area contributed by atoms with Crippen LogP contribution in [0.3, 0.4) is 0 Å². The van der Waals surface area contributed by atoms with Crippen molar-refractivity contribution in [3.63, 3.8) is 0 Å². The first-order chi connectivity index (χ1) is 19.3. The number of esters is 1. The number of thioether (sulfide) groups is 1. The molecule has 2 aromatic heterocycles. The van der Waals surface area contributed by atoms with E-state index in [1.165, 1.54) is 23.1 Å². The fourth-order valence-electron chi connectivity index (χ4n) is 4.79. The molecule has 0 fully saturated rings. The molecule has 8 nitrogen and oxygen atoms in total. The number of carbonyl (C=O) groups excluding carboxylic acids is 2. The molecule has 0 saturated carbocycles. The minimum absolute atomic E-state index is 0.0421. The van der Waals surface area contributed by atoms with E-state index in [2.05, 4.69) is 36.3 Å². The SMILES string of the molecule is CCOC(=O)c1c(NC(=O)CCSc2nc(N)c(C#N)c(-c3ccc(CC)cc3)c2C#N)sc2c1CCC(C)C2. The van der Waals surface area contributed by atoms with Crippen molar-refractivity contribution < 1.29 is 14.3 Å². The minimum atomic E-state index is -0.408. The second-order valence-electron chi connectivity index (χ2n) is 9.62. The Morgan fingerprint density at radius 3 is 2.58 bits per heavy atom. The Morgan fingerprint density at radius 2 is 1.93 bits per heavy atom. The third-order valence-electron chi connectivity index (χ3n) is 6.88. The highest BCUT2D eigenvalue weighted by Gasteiger charge is 2.29. The van der Waals surface area contributed by atoms with Crippen molar-refractivity contribution in [2.24, 2.45) is 5.92 Å². The van der Waals surface area contributed by atoms with Gasteiger partial charge in [0.05, 0.1) is 17.7 Å². The van der Waals surface area contributed by atoms with E-state index in [4.69, 9.17) is 10.5 Å². The number of nitrogens with two attached hydrogens (primary N) is 1. The molecule has 1 atom stereocenters. The molecule has 1 aliphatic rings. The molecule has 1 unspecified atom stereocenters. The number of nitrogens with one attached hydrogen (secondary N) is 1. The smallest absolute Gasteiger partial charge is 0.341 e. The van der Waals surface area contributed by atoms with Crippen LogP contribution in [0.5, 0.6) is 0 Å². The van der Waals surface area contributed by atoms with Gasteiger partial charge in [0, 0.05) is 22.6 Å². The van der Waals surface area contributed by atoms with Gasteiger partial charge in [0.2, 0.25) is 5.91 Å². The number of amides is 1. The number of carbonyl (C=O) groups is 2. The molecule has 0 spiro atoms. The van der Waals surface area contributed by atoms with Gasteiger partial charge in [-0.2, -0.15) is 10.5 Å². The van der Waals surface area contributed by atoms with Crippen LogP contribution in [-0.2, 0) is 28.8 Å². The number of thiophene rings is 1. The summed E-state index contributed by atoms with van der Waals surface area (Å²) in [6, 6.07) is 12.0. The number of fused-ring (bicyclic) bond motifs is 1. The lowest BCUT2D eigenvalue weighted by Gasteiger charge is -2.18. The van der Waals surface area contributed by atoms with Crippen LogP contribution >= 0.6 is 23.1 Å². The topological polar surface area (TPSA) is 142 Å². The molecular weight excluding hydrogens is 542 g/mol. The standard InChI is InChI=1S/C30H31N5O3S2/c1-4-18-7-9-19(10-8-18)25-21(15-31)27(33)35-28(22(25)16-32)39-13-12-24(36)34-29-26(30(37)38-5-2)20-11-6-17(3)14-23(20)40-29/h7-10,17H,4-6,11-14H2,1-3H3,(H2,33,35)(H,34,36). The highest BCUT2D eigenvalue weighted by Crippen LogP contribution is 2.40. The predicted molar refractivity (Wildman–Crippen MR) is 158 cm³/mol. The second kappa shape index (κ2) is 13.0. The lowest BCUT2D eigenvalue weighted by Crippen LogP contribution is -2.17. The number of rotatable bonds is 9. The van der Waals surface area contributed by atoms with Crippen molar-refractivity contribution in [2.75, 3.05) is 23.4 Å². The predicted octanol–water partition coefficient (Wildman–Crippen LogP) is 6.12. The van der Waals surface area contributed by atoms with E-state index < -0.39 is 5.97 Å². The Kier molecular flexibility index (Phi) is 9.46. The number of aromatic nitrogens is 1. The molecule has 1 aliphatic carbocycles. The van der Waals surface area contributed by atoms with Gasteiger partial charge >= 0.3 is 5.97 Å². The van der Waals surface area contributed by atoms with Gasteiger partial charge in [-0.3, -0.25) is 4.79 Å². The maximum Gasteiger partial charge on any atom is 0.341 e. The van der Waals surface area contributed by atoms with Crippen LogP contribution in [-0.4, -0.2) is 29.2 Å². The average Bonchev–Trinajstić information content (AvgIpc) is 3.29. The van der Waals surface area contributed by atoms with Crippen LogP contribution in [0.2, 0.25) is 0 Å². The molecule has 2 heterocycles. The van der Waals surface area contributed by atoms with Crippen molar-refractivity contribution in [1.82, 2.24) is 4.98 Å². The molecule has 1 aromatic carbocycles. The van der Waals surface area contributed by atoms with E-state index in [0.29, 0.717) is 38.4 Å². The molecule has 0 saturated heterocycles. The number of aryl methyl sites for hydroxylation is 1. The van der Waals surface area contributed by atoms with Crippen molar-refractivity contribution in [3.8, 4) is 23.3 Å². The van der Waals surface area contributed by atoms with Gasteiger partial charge in [-0.05, 0) is 55.2 Å². The van der Waals surface area contributed by atoms with Crippen molar-refractivity contribution >= 4 is 45.8 Å². The molecule has 10 heteroatoms. The molecule has 3 aromatic rings. The number of hydrogen-bond donors (Lipinski definition) is 2. The second-order valence-corrected chi connectivity index (χ2v) is 11.8. The Balaban J connectivity index is 1.53. The molecule has 40 heavy (non-hydrogen) atoms. The van der Waals surface area contributed by atoms with E-state index in [1.54, 1.807) is 6.92 Å². The van der Waals surface area contributed by atoms with Gasteiger partial charge in [-0.15, -0.1) is 23.1 Å². The Bertz CT molecular complexity index is 1520. The summed E-state index contributed by atoms with van der Waals surface area (Å²) in [6.45, 7) is 6.26. The summed E-state index contributed by atoms with van der Waals surface area (Å²) in [5.41, 5.74) is 10.3. The summed E-state index contributed by atoms with van der Waals surface area (Å²) in [7, 11) is 0. The third-order valence-corrected chi connectivity index (χ3v) is 9.03. The monoisotopic (exact) mass is 573 g/mol. The first kappa shape index (κ1) is 29.1. The van der Waals surface area contributed by atoms with Crippen molar-refractivity contribution in [1.29, 1.82) is 10.5 Å². The molecule has 0 radical (unpaired) electrons. The highest BCUT2D eigenvalue weighted by atomic mass is 32.2. The zero-order valence-corrected chi connectivity index (χ0v) is 24.4. The fourth-order valence-corrected chi connectivity index (χ4v) is 7.14. The van der Waals surface area contributed by atoms with Crippen LogP contribution in [0.1, 0.15) is 71.1 Å². The fraction of sp³-hybridized carbons (Fsp3) is 0.367. The Hall–Kier alpha value is -3.86. The van der Waals surface area contributed by atoms with Gasteiger partial charge in [0.25, 0.3) is 0 Å². The van der Waals surface area contributed by atoms with E-state index >= 15 is 0 Å². The molecule has 4 rings (SSSR count). The minimum Gasteiger partial charge on any atom is -0.462 e. The lowest BCUT2D eigenvalue weighted by molar-refractivity contribution is -0.115. The summed E-state index contributed by atoms with van der Waals surface area (Å²) in [4.78, 5) is 31.2. The van der Waals surface area contributed by atoms with Gasteiger partial charge < -0.3 is 15.8 Å². The van der Waals surface area contributed by atoms with Crippen molar-refractivity contribution in [3.05, 3.63) is 57.0 Å². The number of hydrogen-bond acceptors (Lipinski definition) is 9. The largest absolute Gasteiger partial charge is 0.462 e. The van der Waals surface area contributed by atoms with Gasteiger partial charge in [-0.1, -0.05) is 38.1 Å². The molecule has 1 amide bonds. The van der Waals surface area contributed by atoms with Gasteiger partial charge in [0.15, 0.2) is 0 Å². The first-order valence-electron chi connectivity index (χ1n) is 13.3. The zero-order valence-electron chi connectivity index (χ0n) is 22.8. The number of ether oxygens (including phenoxy) is 1. The van der Waals surface area contributed by atoms with Gasteiger partial charge in [-0.25, -0.2) is 9.78 Å². The molecule has 0 aliphatic heterocycles. The molecular formula is C30H31N5O3S2. The molecule has 0 bridgehead atoms. The van der Waals surface area contributed by atoms with Crippen LogP contribution in [0.25, 0.3) is 11.1 Å². The summed E-state index contributed by atoms with van der Waals surface area (Å²) in [5, 5.41) is 23.6. The normalized spacial score (nSPS) is 14.1. The average molecular weight is 574 g/mol. The summed E-state index contributed by atoms with van der Waals surface area (Å²) in [6.07, 6.45) is 3.65. The maximum absolute atomic E-state index is 13.0. The van der Waals surface area contributed by atoms with Crippen LogP contribution in [0.4, 0.5) is 10.8 Å². The third kappa shape index (κ3) is 6.14. The van der Waals surface area contributed by atoms with Crippen molar-refractivity contribution in [2.45, 2.75) is 57.9 Å². The highest BCUT2D eigenvalue weighted by molar-refractivity contribution is 7.99. The Labute approximate surface area is 242 Å². The number of pyridine rings is 1. The summed E-state index contributed by atoms with van der Waals surface area (Å²) in [5.74, 6) is 0.233. The lowest BCUT2D eigenvalue weighted by atomic mass is 9.88. The van der Waals surface area contributed by atoms with Crippen LogP contribution < -0.4 is 11.1 Å². The number of nitrogens with zero attached hydrogens (tertiary/aromatic N) is 3. The quantitative estimate of drug-likeness (QED) is 0.230. The first-order valence-corrected chi connectivity index (χ1v) is 15.1. The number of anilines is 2. The van der Waals surface area contributed by atoms with Gasteiger partial charge in [0.1, 0.15) is 33.5 Å². The molecule has 206 valence electrons. The van der Waals surface area contributed by atoms with E-state index in [9.17, 15) is 20.1 Å². The summed E-state index contributed by atoms with van der Waals surface area (Å²) >= 11 is 2.68. The van der Waals surface area contributed by atoms with E-state index in [-0.39, 0.29) is 35.9 Å². The van der Waals surface area contributed by atoms with E-state index in [1.807, 2.05) is 24.3 Å². The zero-order chi connectivity index (χ0) is 28.8. The maximum atomic E-state index is 13.0. The Morgan fingerprint density at radius 1 is 1.20 bits per heavy atom. The van der Waals surface area contributed by atoms with E-state index in [0.717, 1.165) is 41.7 Å².